The fraction of sp³-hybridized carbons (Fsp3) is 0.417. The molecular formula is C24H32N2O5. The minimum absolute atomic E-state index is 0.111. The van der Waals surface area contributed by atoms with Crippen molar-refractivity contribution in [1.82, 2.24) is 10.6 Å². The molecule has 2 amide bonds. The van der Waals surface area contributed by atoms with Gasteiger partial charge in [0.15, 0.2) is 11.5 Å². The Morgan fingerprint density at radius 2 is 1.90 bits per heavy atom. The lowest BCUT2D eigenvalue weighted by atomic mass is 9.99. The summed E-state index contributed by atoms with van der Waals surface area (Å²) in [6.45, 7) is 4.82. The lowest BCUT2D eigenvalue weighted by Gasteiger charge is -2.17. The monoisotopic (exact) mass is 428 g/mol. The molecule has 7 heteroatoms. The molecule has 1 aromatic carbocycles. The summed E-state index contributed by atoms with van der Waals surface area (Å²) < 4.78 is 15.8. The lowest BCUT2D eigenvalue weighted by molar-refractivity contribution is -0.117. The van der Waals surface area contributed by atoms with Crippen LogP contribution in [0, 0.1) is 5.92 Å². The number of carbonyl (C=O) groups excluding carboxylic acids is 2. The van der Waals surface area contributed by atoms with Crippen molar-refractivity contribution in [3.05, 3.63) is 53.6 Å². The summed E-state index contributed by atoms with van der Waals surface area (Å²) in [4.78, 5) is 25.7. The predicted molar refractivity (Wildman–Crippen MR) is 120 cm³/mol. The first-order valence-electron chi connectivity index (χ1n) is 10.6. The first-order chi connectivity index (χ1) is 15.0. The molecule has 0 aliphatic carbocycles. The highest BCUT2D eigenvalue weighted by molar-refractivity contribution is 6.05. The zero-order valence-electron chi connectivity index (χ0n) is 18.7. The van der Waals surface area contributed by atoms with Gasteiger partial charge in [-0.05, 0) is 42.7 Å². The molecule has 0 fully saturated rings. The minimum atomic E-state index is -0.438. The van der Waals surface area contributed by atoms with Crippen molar-refractivity contribution in [2.75, 3.05) is 20.8 Å². The molecule has 0 unspecified atom stereocenters. The van der Waals surface area contributed by atoms with E-state index in [2.05, 4.69) is 24.5 Å². The highest BCUT2D eigenvalue weighted by Crippen LogP contribution is 2.27. The molecule has 0 radical (unpaired) electrons. The fourth-order valence-electron chi connectivity index (χ4n) is 3.12. The maximum absolute atomic E-state index is 12.9. The number of ether oxygens (including phenoxy) is 2. The Kier molecular flexibility index (Phi) is 9.68. The molecule has 0 aliphatic rings. The van der Waals surface area contributed by atoms with E-state index in [1.54, 1.807) is 30.3 Å². The Morgan fingerprint density at radius 1 is 1.13 bits per heavy atom. The topological polar surface area (TPSA) is 89.8 Å². The summed E-state index contributed by atoms with van der Waals surface area (Å²) in [7, 11) is 3.02. The van der Waals surface area contributed by atoms with Gasteiger partial charge in [0.05, 0.1) is 20.5 Å². The zero-order chi connectivity index (χ0) is 22.6. The van der Waals surface area contributed by atoms with E-state index in [9.17, 15) is 9.59 Å². The number of furan rings is 1. The third-order valence-electron chi connectivity index (χ3n) is 5.06. The number of benzene rings is 1. The molecule has 0 saturated heterocycles. The van der Waals surface area contributed by atoms with Crippen LogP contribution in [-0.4, -0.2) is 32.6 Å². The second-order valence-electron chi connectivity index (χ2n) is 7.22. The summed E-state index contributed by atoms with van der Waals surface area (Å²) in [6, 6.07) is 8.25. The van der Waals surface area contributed by atoms with Crippen molar-refractivity contribution in [3.8, 4) is 11.5 Å². The molecule has 0 spiro atoms. The van der Waals surface area contributed by atoms with E-state index in [0.29, 0.717) is 35.3 Å². The molecule has 0 aliphatic heterocycles. The molecule has 7 nitrogen and oxygen atoms in total. The molecule has 1 atom stereocenters. The average Bonchev–Trinajstić information content (AvgIpc) is 3.31. The van der Waals surface area contributed by atoms with Crippen molar-refractivity contribution < 1.29 is 23.5 Å². The summed E-state index contributed by atoms with van der Waals surface area (Å²) in [5.74, 6) is 1.01. The smallest absolute Gasteiger partial charge is 0.267 e. The first kappa shape index (κ1) is 24.1. The molecule has 1 heterocycles. The number of nitrogens with one attached hydrogen (secondary N) is 2. The average molecular weight is 429 g/mol. The molecule has 0 saturated carbocycles. The van der Waals surface area contributed by atoms with Gasteiger partial charge in [-0.25, -0.2) is 0 Å². The van der Waals surface area contributed by atoms with Gasteiger partial charge in [0, 0.05) is 18.2 Å². The maximum atomic E-state index is 12.9. The Bertz CT molecular complexity index is 874. The van der Waals surface area contributed by atoms with Crippen molar-refractivity contribution in [1.29, 1.82) is 0 Å². The molecule has 1 aromatic heterocycles. The number of hydrogen-bond acceptors (Lipinski definition) is 5. The summed E-state index contributed by atoms with van der Waals surface area (Å²) >= 11 is 0. The maximum Gasteiger partial charge on any atom is 0.267 e. The van der Waals surface area contributed by atoms with Gasteiger partial charge in [0.25, 0.3) is 11.8 Å². The van der Waals surface area contributed by atoms with Crippen LogP contribution < -0.4 is 20.1 Å². The van der Waals surface area contributed by atoms with E-state index in [0.717, 1.165) is 25.7 Å². The Balaban J connectivity index is 2.17. The van der Waals surface area contributed by atoms with Gasteiger partial charge >= 0.3 is 0 Å². The van der Waals surface area contributed by atoms with Crippen molar-refractivity contribution in [3.63, 3.8) is 0 Å². The Morgan fingerprint density at radius 3 is 2.52 bits per heavy atom. The van der Waals surface area contributed by atoms with Crippen LogP contribution in [-0.2, 0) is 4.79 Å². The van der Waals surface area contributed by atoms with E-state index in [1.165, 1.54) is 26.6 Å². The van der Waals surface area contributed by atoms with Crippen LogP contribution in [0.4, 0.5) is 0 Å². The highest BCUT2D eigenvalue weighted by Gasteiger charge is 2.18. The fourth-order valence-corrected chi connectivity index (χ4v) is 3.12. The van der Waals surface area contributed by atoms with Crippen LogP contribution in [0.2, 0.25) is 0 Å². The van der Waals surface area contributed by atoms with E-state index >= 15 is 0 Å². The van der Waals surface area contributed by atoms with Gasteiger partial charge in [0.1, 0.15) is 11.5 Å². The van der Waals surface area contributed by atoms with Crippen LogP contribution in [0.1, 0.15) is 55.6 Å². The molecule has 31 heavy (non-hydrogen) atoms. The normalized spacial score (nSPS) is 12.2. The van der Waals surface area contributed by atoms with Gasteiger partial charge in [-0.15, -0.1) is 0 Å². The molecule has 168 valence electrons. The van der Waals surface area contributed by atoms with Crippen LogP contribution in [0.25, 0.3) is 6.08 Å². The minimum Gasteiger partial charge on any atom is -0.493 e. The number of carbonyl (C=O) groups is 2. The van der Waals surface area contributed by atoms with Crippen LogP contribution in [0.3, 0.4) is 0 Å². The Hall–Kier alpha value is -3.22. The van der Waals surface area contributed by atoms with E-state index < -0.39 is 5.91 Å². The van der Waals surface area contributed by atoms with E-state index in [4.69, 9.17) is 13.9 Å². The zero-order valence-corrected chi connectivity index (χ0v) is 18.7. The van der Waals surface area contributed by atoms with Crippen LogP contribution in [0.5, 0.6) is 11.5 Å². The molecular weight excluding hydrogens is 396 g/mol. The summed E-state index contributed by atoms with van der Waals surface area (Å²) in [6.07, 6.45) is 7.31. The van der Waals surface area contributed by atoms with Crippen molar-refractivity contribution in [2.24, 2.45) is 5.92 Å². The lowest BCUT2D eigenvalue weighted by Crippen LogP contribution is -2.37. The molecule has 2 aromatic rings. The Labute approximate surface area is 183 Å². The predicted octanol–water partition coefficient (Wildman–Crippen LogP) is 4.40. The van der Waals surface area contributed by atoms with E-state index in [1.807, 2.05) is 0 Å². The second kappa shape index (κ2) is 12.5. The van der Waals surface area contributed by atoms with Crippen molar-refractivity contribution >= 4 is 17.9 Å². The van der Waals surface area contributed by atoms with Gasteiger partial charge in [-0.1, -0.05) is 33.1 Å². The number of amides is 2. The SMILES string of the molecule is CCCC[C@H](CC)CNC(=O)/C(=C/c1ccco1)NC(=O)c1ccc(OC)c(OC)c1. The number of rotatable bonds is 12. The number of methoxy groups -OCH3 is 2. The highest BCUT2D eigenvalue weighted by atomic mass is 16.5. The van der Waals surface area contributed by atoms with Gasteiger partial charge in [-0.3, -0.25) is 9.59 Å². The van der Waals surface area contributed by atoms with Gasteiger partial charge < -0.3 is 24.5 Å². The molecule has 2 N–H and O–H groups in total. The third-order valence-corrected chi connectivity index (χ3v) is 5.06. The number of hydrogen-bond donors (Lipinski definition) is 2. The van der Waals surface area contributed by atoms with Crippen LogP contribution in [0.15, 0.2) is 46.7 Å². The number of unbranched alkanes of at least 4 members (excludes halogenated alkanes) is 1. The molecule has 2 rings (SSSR count). The quantitative estimate of drug-likeness (QED) is 0.489. The standard InChI is InChI=1S/C24H32N2O5/c1-5-7-9-17(6-2)16-25-24(28)20(15-19-10-8-13-31-19)26-23(27)18-11-12-21(29-3)22(14-18)30-4/h8,10-15,17H,5-7,9,16H2,1-4H3,(H,25,28)(H,26,27)/b20-15-/t17-/m0/s1. The van der Waals surface area contributed by atoms with Gasteiger partial charge in [-0.2, -0.15) is 0 Å². The van der Waals surface area contributed by atoms with Crippen molar-refractivity contribution in [2.45, 2.75) is 39.5 Å². The largest absolute Gasteiger partial charge is 0.493 e. The van der Waals surface area contributed by atoms with Crippen LogP contribution >= 0.6 is 0 Å². The first-order valence-corrected chi connectivity index (χ1v) is 10.6. The molecule has 0 bridgehead atoms. The third kappa shape index (κ3) is 7.20. The van der Waals surface area contributed by atoms with E-state index in [-0.39, 0.29) is 11.6 Å². The van der Waals surface area contributed by atoms with Gasteiger partial charge in [0.2, 0.25) is 0 Å². The second-order valence-corrected chi connectivity index (χ2v) is 7.22. The summed E-state index contributed by atoms with van der Waals surface area (Å²) in [5, 5.41) is 5.64. The summed E-state index contributed by atoms with van der Waals surface area (Å²) in [5.41, 5.74) is 0.449.